The van der Waals surface area contributed by atoms with E-state index >= 15 is 0 Å². The SMILES string of the molecule is O=C(c1ccnc(N2CCOCC2)c1)N1CCC[C@H]1c1ncc2c(n1)CCNC2. The normalized spacial score (nSPS) is 21.9. The molecule has 3 aliphatic rings. The Labute approximate surface area is 170 Å². The number of nitrogens with zero attached hydrogens (tertiary/aromatic N) is 5. The van der Waals surface area contributed by atoms with Crippen LogP contribution in [-0.2, 0) is 17.7 Å². The number of fused-ring (bicyclic) bond motifs is 1. The molecule has 8 nitrogen and oxygen atoms in total. The second kappa shape index (κ2) is 8.04. The minimum Gasteiger partial charge on any atom is -0.378 e. The second-order valence-corrected chi connectivity index (χ2v) is 7.79. The molecule has 1 amide bonds. The predicted molar refractivity (Wildman–Crippen MR) is 108 cm³/mol. The van der Waals surface area contributed by atoms with Crippen LogP contribution in [0.4, 0.5) is 5.82 Å². The van der Waals surface area contributed by atoms with E-state index in [2.05, 4.69) is 20.2 Å². The van der Waals surface area contributed by atoms with E-state index in [4.69, 9.17) is 9.72 Å². The molecule has 0 unspecified atom stereocenters. The summed E-state index contributed by atoms with van der Waals surface area (Å²) in [6.07, 6.45) is 6.45. The van der Waals surface area contributed by atoms with Crippen LogP contribution in [0.1, 0.15) is 46.3 Å². The highest BCUT2D eigenvalue weighted by Crippen LogP contribution is 2.32. The van der Waals surface area contributed by atoms with Gasteiger partial charge in [0.15, 0.2) is 5.82 Å². The molecule has 3 aliphatic heterocycles. The lowest BCUT2D eigenvalue weighted by molar-refractivity contribution is 0.0729. The molecule has 5 rings (SSSR count). The van der Waals surface area contributed by atoms with Gasteiger partial charge in [-0.1, -0.05) is 0 Å². The highest BCUT2D eigenvalue weighted by Gasteiger charge is 2.33. The smallest absolute Gasteiger partial charge is 0.254 e. The van der Waals surface area contributed by atoms with E-state index in [1.54, 1.807) is 12.3 Å². The summed E-state index contributed by atoms with van der Waals surface area (Å²) in [5.74, 6) is 1.65. The number of amides is 1. The second-order valence-electron chi connectivity index (χ2n) is 7.79. The van der Waals surface area contributed by atoms with E-state index in [1.807, 2.05) is 17.2 Å². The summed E-state index contributed by atoms with van der Waals surface area (Å²) in [7, 11) is 0. The molecule has 8 heteroatoms. The molecule has 2 fully saturated rings. The largest absolute Gasteiger partial charge is 0.378 e. The van der Waals surface area contributed by atoms with Gasteiger partial charge in [0.2, 0.25) is 0 Å². The lowest BCUT2D eigenvalue weighted by atomic mass is 10.1. The predicted octanol–water partition coefficient (Wildman–Crippen LogP) is 1.33. The Morgan fingerprint density at radius 1 is 1.21 bits per heavy atom. The summed E-state index contributed by atoms with van der Waals surface area (Å²) in [5.41, 5.74) is 2.96. The molecule has 152 valence electrons. The minimum absolute atomic E-state index is 0.0346. The maximum atomic E-state index is 13.3. The Bertz CT molecular complexity index is 898. The number of anilines is 1. The number of nitrogens with one attached hydrogen (secondary N) is 1. The molecular formula is C21H26N6O2. The number of carbonyl (C=O) groups excluding carboxylic acids is 1. The molecule has 0 bridgehead atoms. The third-order valence-corrected chi connectivity index (χ3v) is 5.97. The summed E-state index contributed by atoms with van der Waals surface area (Å²) in [5, 5.41) is 3.35. The Kier molecular flexibility index (Phi) is 5.12. The number of hydrogen-bond acceptors (Lipinski definition) is 7. The zero-order chi connectivity index (χ0) is 19.6. The lowest BCUT2D eigenvalue weighted by Crippen LogP contribution is -2.37. The highest BCUT2D eigenvalue weighted by atomic mass is 16.5. The molecule has 0 saturated carbocycles. The standard InChI is InChI=1S/C21H26N6O2/c28-21(15-3-6-23-19(12-15)26-8-10-29-11-9-26)27-7-1-2-18(27)20-24-14-16-13-22-5-4-17(16)25-20/h3,6,12,14,18,22H,1-2,4-5,7-11,13H2/t18-/m0/s1. The van der Waals surface area contributed by atoms with E-state index in [0.29, 0.717) is 18.8 Å². The van der Waals surface area contributed by atoms with Crippen molar-refractivity contribution in [3.05, 3.63) is 47.2 Å². The zero-order valence-electron chi connectivity index (χ0n) is 16.5. The van der Waals surface area contributed by atoms with Crippen LogP contribution < -0.4 is 10.2 Å². The number of likely N-dealkylation sites (tertiary alicyclic amines) is 1. The monoisotopic (exact) mass is 394 g/mol. The van der Waals surface area contributed by atoms with Crippen LogP contribution in [0.25, 0.3) is 0 Å². The van der Waals surface area contributed by atoms with Crippen LogP contribution in [0, 0.1) is 0 Å². The summed E-state index contributed by atoms with van der Waals surface area (Å²) >= 11 is 0. The van der Waals surface area contributed by atoms with Crippen molar-refractivity contribution < 1.29 is 9.53 Å². The van der Waals surface area contributed by atoms with Crippen molar-refractivity contribution in [2.45, 2.75) is 31.8 Å². The molecule has 1 atom stereocenters. The van der Waals surface area contributed by atoms with Gasteiger partial charge in [0.1, 0.15) is 5.82 Å². The number of rotatable bonds is 3. The van der Waals surface area contributed by atoms with Gasteiger partial charge in [-0.25, -0.2) is 15.0 Å². The molecule has 0 spiro atoms. The van der Waals surface area contributed by atoms with Gasteiger partial charge in [-0.05, 0) is 25.0 Å². The van der Waals surface area contributed by atoms with Crippen LogP contribution in [0.2, 0.25) is 0 Å². The van der Waals surface area contributed by atoms with Crippen molar-refractivity contribution in [2.75, 3.05) is 44.3 Å². The molecule has 2 aromatic heterocycles. The van der Waals surface area contributed by atoms with Crippen LogP contribution in [0.5, 0.6) is 0 Å². The first-order chi connectivity index (χ1) is 14.3. The number of carbonyl (C=O) groups is 1. The van der Waals surface area contributed by atoms with Crippen LogP contribution in [0.15, 0.2) is 24.5 Å². The van der Waals surface area contributed by atoms with Gasteiger partial charge in [0.05, 0.1) is 19.3 Å². The van der Waals surface area contributed by atoms with Crippen molar-refractivity contribution in [1.29, 1.82) is 0 Å². The van der Waals surface area contributed by atoms with Gasteiger partial charge in [-0.2, -0.15) is 0 Å². The minimum atomic E-state index is -0.0531. The zero-order valence-corrected chi connectivity index (χ0v) is 16.5. The molecule has 2 aromatic rings. The Morgan fingerprint density at radius 3 is 3.00 bits per heavy atom. The molecule has 0 aromatic carbocycles. The van der Waals surface area contributed by atoms with Crippen LogP contribution >= 0.6 is 0 Å². The summed E-state index contributed by atoms with van der Waals surface area (Å²) in [6.45, 7) is 5.49. The first-order valence-corrected chi connectivity index (χ1v) is 10.4. The van der Waals surface area contributed by atoms with E-state index < -0.39 is 0 Å². The van der Waals surface area contributed by atoms with Crippen molar-refractivity contribution in [2.24, 2.45) is 0 Å². The fraction of sp³-hybridized carbons (Fsp3) is 0.524. The quantitative estimate of drug-likeness (QED) is 0.841. The van der Waals surface area contributed by atoms with E-state index in [0.717, 1.165) is 69.3 Å². The number of hydrogen-bond donors (Lipinski definition) is 1. The maximum Gasteiger partial charge on any atom is 0.254 e. The molecule has 0 radical (unpaired) electrons. The lowest BCUT2D eigenvalue weighted by Gasteiger charge is -2.28. The summed E-state index contributed by atoms with van der Waals surface area (Å²) in [6, 6.07) is 3.66. The third kappa shape index (κ3) is 3.70. The maximum absolute atomic E-state index is 13.3. The fourth-order valence-corrected chi connectivity index (χ4v) is 4.37. The first kappa shape index (κ1) is 18.4. The number of pyridine rings is 1. The van der Waals surface area contributed by atoms with Gasteiger partial charge >= 0.3 is 0 Å². The fourth-order valence-electron chi connectivity index (χ4n) is 4.37. The average Bonchev–Trinajstić information content (AvgIpc) is 3.29. The number of ether oxygens (including phenoxy) is 1. The summed E-state index contributed by atoms with van der Waals surface area (Å²) < 4.78 is 5.42. The van der Waals surface area contributed by atoms with Gasteiger partial charge in [0.25, 0.3) is 5.91 Å². The molecule has 29 heavy (non-hydrogen) atoms. The molecule has 0 aliphatic carbocycles. The van der Waals surface area contributed by atoms with Gasteiger partial charge in [0, 0.05) is 68.4 Å². The van der Waals surface area contributed by atoms with Crippen molar-refractivity contribution in [1.82, 2.24) is 25.2 Å². The van der Waals surface area contributed by atoms with E-state index in [1.165, 1.54) is 5.56 Å². The third-order valence-electron chi connectivity index (χ3n) is 5.97. The topological polar surface area (TPSA) is 83.5 Å². The average molecular weight is 394 g/mol. The summed E-state index contributed by atoms with van der Waals surface area (Å²) in [4.78, 5) is 31.4. The van der Waals surface area contributed by atoms with Gasteiger partial charge < -0.3 is 19.9 Å². The molecule has 1 N–H and O–H groups in total. The Hall–Kier alpha value is -2.58. The molecular weight excluding hydrogens is 368 g/mol. The van der Waals surface area contributed by atoms with Crippen molar-refractivity contribution in [3.8, 4) is 0 Å². The Balaban J connectivity index is 1.38. The van der Waals surface area contributed by atoms with Crippen molar-refractivity contribution in [3.63, 3.8) is 0 Å². The van der Waals surface area contributed by atoms with Crippen molar-refractivity contribution >= 4 is 11.7 Å². The van der Waals surface area contributed by atoms with E-state index in [-0.39, 0.29) is 11.9 Å². The molecule has 5 heterocycles. The highest BCUT2D eigenvalue weighted by molar-refractivity contribution is 5.95. The van der Waals surface area contributed by atoms with E-state index in [9.17, 15) is 4.79 Å². The van der Waals surface area contributed by atoms with Crippen LogP contribution in [-0.4, -0.2) is 65.2 Å². The molecule has 2 saturated heterocycles. The van der Waals surface area contributed by atoms with Crippen LogP contribution in [0.3, 0.4) is 0 Å². The first-order valence-electron chi connectivity index (χ1n) is 10.4. The van der Waals surface area contributed by atoms with Gasteiger partial charge in [-0.3, -0.25) is 4.79 Å². The number of aromatic nitrogens is 3. The number of morpholine rings is 1. The van der Waals surface area contributed by atoms with Gasteiger partial charge in [-0.15, -0.1) is 0 Å². The Morgan fingerprint density at radius 2 is 2.10 bits per heavy atom.